The number of hydrogen-bond donors (Lipinski definition) is 1. The second-order valence-corrected chi connectivity index (χ2v) is 5.21. The van der Waals surface area contributed by atoms with Crippen molar-refractivity contribution < 1.29 is 19.1 Å². The highest BCUT2D eigenvalue weighted by Gasteiger charge is 2.10. The third-order valence-corrected chi connectivity index (χ3v) is 3.40. The smallest absolute Gasteiger partial charge is 0.314 e. The number of ether oxygens (including phenoxy) is 1. The van der Waals surface area contributed by atoms with Gasteiger partial charge in [0.25, 0.3) is 5.22 Å². The molecule has 1 aromatic carbocycles. The second-order valence-electron chi connectivity index (χ2n) is 4.28. The molecule has 0 bridgehead atoms. The number of carbonyl (C=O) groups is 1. The lowest BCUT2D eigenvalue weighted by molar-refractivity contribution is -0.133. The van der Waals surface area contributed by atoms with Crippen LogP contribution in [-0.4, -0.2) is 33.6 Å². The van der Waals surface area contributed by atoms with Crippen LogP contribution in [0, 0.1) is 0 Å². The van der Waals surface area contributed by atoms with Gasteiger partial charge in [0.1, 0.15) is 11.5 Å². The molecule has 0 unspecified atom stereocenters. The molecule has 0 aliphatic heterocycles. The van der Waals surface area contributed by atoms with Gasteiger partial charge < -0.3 is 14.3 Å². The molecule has 0 fully saturated rings. The van der Waals surface area contributed by atoms with Crippen molar-refractivity contribution in [1.29, 1.82) is 0 Å². The van der Waals surface area contributed by atoms with Gasteiger partial charge in [-0.3, -0.25) is 4.79 Å². The molecule has 0 amide bonds. The van der Waals surface area contributed by atoms with Gasteiger partial charge in [0.15, 0.2) is 0 Å². The number of aliphatic carboxylic acids is 1. The predicted molar refractivity (Wildman–Crippen MR) is 78.5 cm³/mol. The summed E-state index contributed by atoms with van der Waals surface area (Å²) in [6, 6.07) is 7.36. The number of carboxylic acids is 1. The van der Waals surface area contributed by atoms with E-state index in [1.807, 2.05) is 24.3 Å². The number of thioether (sulfide) groups is 1. The maximum atomic E-state index is 10.5. The fraction of sp³-hybridized carbons (Fsp3) is 0.357. The molecule has 112 valence electrons. The van der Waals surface area contributed by atoms with Crippen LogP contribution in [0.2, 0.25) is 0 Å². The third-order valence-electron chi connectivity index (χ3n) is 2.59. The molecule has 0 radical (unpaired) electrons. The molecule has 21 heavy (non-hydrogen) atoms. The van der Waals surface area contributed by atoms with E-state index in [2.05, 4.69) is 17.1 Å². The lowest BCUT2D eigenvalue weighted by atomic mass is 10.2. The molecule has 1 aromatic heterocycles. The van der Waals surface area contributed by atoms with Crippen molar-refractivity contribution in [3.63, 3.8) is 0 Å². The minimum absolute atomic E-state index is 0.105. The fourth-order valence-corrected chi connectivity index (χ4v) is 2.02. The van der Waals surface area contributed by atoms with E-state index in [4.69, 9.17) is 14.3 Å². The summed E-state index contributed by atoms with van der Waals surface area (Å²) in [5, 5.41) is 16.5. The number of aromatic nitrogens is 2. The van der Waals surface area contributed by atoms with E-state index in [0.717, 1.165) is 35.9 Å². The summed E-state index contributed by atoms with van der Waals surface area (Å²) in [5.74, 6) is 0.134. The first kappa shape index (κ1) is 15.4. The zero-order valence-electron chi connectivity index (χ0n) is 11.6. The Bertz CT molecular complexity index is 583. The van der Waals surface area contributed by atoms with Crippen LogP contribution in [0.5, 0.6) is 5.75 Å². The molecular formula is C14H16N2O4S. The second kappa shape index (κ2) is 7.68. The van der Waals surface area contributed by atoms with Crippen molar-refractivity contribution in [2.24, 2.45) is 0 Å². The van der Waals surface area contributed by atoms with Gasteiger partial charge in [0, 0.05) is 5.56 Å². The highest BCUT2D eigenvalue weighted by molar-refractivity contribution is 7.99. The van der Waals surface area contributed by atoms with E-state index in [9.17, 15) is 4.79 Å². The Morgan fingerprint density at radius 2 is 2.10 bits per heavy atom. The number of benzene rings is 1. The van der Waals surface area contributed by atoms with Crippen molar-refractivity contribution >= 4 is 17.7 Å². The van der Waals surface area contributed by atoms with E-state index in [1.165, 1.54) is 0 Å². The molecular weight excluding hydrogens is 292 g/mol. The summed E-state index contributed by atoms with van der Waals surface area (Å²) in [6.07, 6.45) is 2.12. The number of rotatable bonds is 8. The van der Waals surface area contributed by atoms with Crippen molar-refractivity contribution in [2.45, 2.75) is 25.0 Å². The Balaban J connectivity index is 1.96. The Labute approximate surface area is 126 Å². The zero-order chi connectivity index (χ0) is 15.1. The maximum Gasteiger partial charge on any atom is 0.314 e. The normalized spacial score (nSPS) is 10.5. The van der Waals surface area contributed by atoms with Gasteiger partial charge >= 0.3 is 5.97 Å². The number of unbranched alkanes of at least 4 members (excludes halogenated alkanes) is 1. The van der Waals surface area contributed by atoms with Crippen LogP contribution in [0.1, 0.15) is 19.8 Å². The van der Waals surface area contributed by atoms with Crippen LogP contribution in [-0.2, 0) is 4.79 Å². The summed E-state index contributed by atoms with van der Waals surface area (Å²) >= 11 is 0.996. The van der Waals surface area contributed by atoms with Crippen molar-refractivity contribution in [3.05, 3.63) is 24.3 Å². The van der Waals surface area contributed by atoms with Crippen LogP contribution in [0.4, 0.5) is 0 Å². The molecule has 0 atom stereocenters. The van der Waals surface area contributed by atoms with E-state index < -0.39 is 5.97 Å². The van der Waals surface area contributed by atoms with Crippen LogP contribution < -0.4 is 4.74 Å². The quantitative estimate of drug-likeness (QED) is 0.592. The van der Waals surface area contributed by atoms with Crippen LogP contribution in [0.3, 0.4) is 0 Å². The van der Waals surface area contributed by atoms with Crippen molar-refractivity contribution in [3.8, 4) is 17.2 Å². The predicted octanol–water partition coefficient (Wildman–Crippen LogP) is 3.09. The standard InChI is InChI=1S/C14H16N2O4S/c1-2-3-8-19-11-6-4-10(5-7-11)13-15-16-14(20-13)21-9-12(17)18/h4-7H,2-3,8-9H2,1H3,(H,17,18). The van der Waals surface area contributed by atoms with E-state index in [0.29, 0.717) is 12.5 Å². The van der Waals surface area contributed by atoms with Crippen LogP contribution >= 0.6 is 11.8 Å². The molecule has 0 saturated carbocycles. The largest absolute Gasteiger partial charge is 0.494 e. The Hall–Kier alpha value is -2.02. The van der Waals surface area contributed by atoms with E-state index >= 15 is 0 Å². The van der Waals surface area contributed by atoms with E-state index in [1.54, 1.807) is 0 Å². The highest BCUT2D eigenvalue weighted by atomic mass is 32.2. The molecule has 0 aliphatic rings. The van der Waals surface area contributed by atoms with Crippen LogP contribution in [0.25, 0.3) is 11.5 Å². The molecule has 2 rings (SSSR count). The summed E-state index contributed by atoms with van der Waals surface area (Å²) in [4.78, 5) is 10.5. The molecule has 7 heteroatoms. The average molecular weight is 308 g/mol. The monoisotopic (exact) mass is 308 g/mol. The van der Waals surface area contributed by atoms with Gasteiger partial charge in [0.05, 0.1) is 6.61 Å². The maximum absolute atomic E-state index is 10.5. The Morgan fingerprint density at radius 1 is 1.33 bits per heavy atom. The lowest BCUT2D eigenvalue weighted by Gasteiger charge is -2.04. The summed E-state index contributed by atoms with van der Waals surface area (Å²) in [5.41, 5.74) is 0.771. The minimum atomic E-state index is -0.923. The van der Waals surface area contributed by atoms with Gasteiger partial charge in [-0.1, -0.05) is 25.1 Å². The number of hydrogen-bond acceptors (Lipinski definition) is 6. The van der Waals surface area contributed by atoms with Crippen molar-refractivity contribution in [1.82, 2.24) is 10.2 Å². The molecule has 0 spiro atoms. The topological polar surface area (TPSA) is 85.5 Å². The Morgan fingerprint density at radius 3 is 2.76 bits per heavy atom. The molecule has 1 heterocycles. The SMILES string of the molecule is CCCCOc1ccc(-c2nnc(SCC(=O)O)o2)cc1. The first-order chi connectivity index (χ1) is 10.2. The first-order valence-electron chi connectivity index (χ1n) is 6.60. The van der Waals surface area contributed by atoms with Crippen molar-refractivity contribution in [2.75, 3.05) is 12.4 Å². The summed E-state index contributed by atoms with van der Waals surface area (Å²) in [7, 11) is 0. The molecule has 0 saturated heterocycles. The molecule has 0 aliphatic carbocycles. The minimum Gasteiger partial charge on any atom is -0.494 e. The van der Waals surface area contributed by atoms with E-state index in [-0.39, 0.29) is 11.0 Å². The highest BCUT2D eigenvalue weighted by Crippen LogP contribution is 2.24. The Kier molecular flexibility index (Phi) is 5.62. The third kappa shape index (κ3) is 4.78. The zero-order valence-corrected chi connectivity index (χ0v) is 12.4. The first-order valence-corrected chi connectivity index (χ1v) is 7.59. The van der Waals surface area contributed by atoms with Gasteiger partial charge in [-0.2, -0.15) is 0 Å². The number of carboxylic acid groups (broad SMARTS) is 1. The number of nitrogens with zero attached hydrogens (tertiary/aromatic N) is 2. The summed E-state index contributed by atoms with van der Waals surface area (Å²) in [6.45, 7) is 2.81. The van der Waals surface area contributed by atoms with Gasteiger partial charge in [-0.25, -0.2) is 0 Å². The molecule has 2 aromatic rings. The average Bonchev–Trinajstić information content (AvgIpc) is 2.95. The lowest BCUT2D eigenvalue weighted by Crippen LogP contribution is -1.97. The molecule has 1 N–H and O–H groups in total. The van der Waals surface area contributed by atoms with Gasteiger partial charge in [-0.05, 0) is 30.7 Å². The van der Waals surface area contributed by atoms with Gasteiger partial charge in [0.2, 0.25) is 5.89 Å². The molecule has 6 nitrogen and oxygen atoms in total. The fourth-order valence-electron chi connectivity index (χ4n) is 1.54. The summed E-state index contributed by atoms with van der Waals surface area (Å²) < 4.78 is 11.0. The van der Waals surface area contributed by atoms with Crippen LogP contribution in [0.15, 0.2) is 33.9 Å². The van der Waals surface area contributed by atoms with Gasteiger partial charge in [-0.15, -0.1) is 10.2 Å².